The molecule has 0 bridgehead atoms. The van der Waals surface area contributed by atoms with Crippen molar-refractivity contribution >= 4 is 0 Å². The molecular formula is C13H25N3. The second kappa shape index (κ2) is 9.40. The summed E-state index contributed by atoms with van der Waals surface area (Å²) in [5.74, 6) is 1.08. The highest BCUT2D eigenvalue weighted by atomic mass is 14.9. The standard InChI is InChI=1S/C13H25N3/c1-2-3-4-5-6-7-9-14-10-8-13-15-11-12-16-13/h11-12,14H,2-10H2,1H3,(H,15,16). The van der Waals surface area contributed by atoms with Gasteiger partial charge in [-0.15, -0.1) is 0 Å². The first kappa shape index (κ1) is 13.2. The molecule has 0 fully saturated rings. The lowest BCUT2D eigenvalue weighted by molar-refractivity contribution is 0.571. The average molecular weight is 223 g/mol. The minimum atomic E-state index is 1.00. The van der Waals surface area contributed by atoms with E-state index in [4.69, 9.17) is 0 Å². The SMILES string of the molecule is CCCCCCCCNCCc1ncc[nH]1. The number of imidazole rings is 1. The molecule has 1 aromatic rings. The number of rotatable bonds is 10. The van der Waals surface area contributed by atoms with Gasteiger partial charge in [-0.2, -0.15) is 0 Å². The summed E-state index contributed by atoms with van der Waals surface area (Å²) in [6.45, 7) is 4.44. The van der Waals surface area contributed by atoms with Crippen LogP contribution in [0.25, 0.3) is 0 Å². The number of nitrogens with one attached hydrogen (secondary N) is 2. The van der Waals surface area contributed by atoms with Crippen molar-refractivity contribution in [2.75, 3.05) is 13.1 Å². The van der Waals surface area contributed by atoms with Crippen molar-refractivity contribution in [2.45, 2.75) is 51.9 Å². The first-order chi connectivity index (χ1) is 7.93. The topological polar surface area (TPSA) is 40.7 Å². The average Bonchev–Trinajstić information content (AvgIpc) is 2.80. The predicted octanol–water partition coefficient (Wildman–Crippen LogP) is 2.90. The number of nitrogens with zero attached hydrogens (tertiary/aromatic N) is 1. The fourth-order valence-corrected chi connectivity index (χ4v) is 1.80. The molecule has 0 atom stereocenters. The van der Waals surface area contributed by atoms with Crippen LogP contribution >= 0.6 is 0 Å². The van der Waals surface area contributed by atoms with Crippen molar-refractivity contribution in [3.05, 3.63) is 18.2 Å². The van der Waals surface area contributed by atoms with Gasteiger partial charge in [-0.1, -0.05) is 39.0 Å². The van der Waals surface area contributed by atoms with Crippen LogP contribution < -0.4 is 5.32 Å². The van der Waals surface area contributed by atoms with Crippen molar-refractivity contribution in [1.82, 2.24) is 15.3 Å². The van der Waals surface area contributed by atoms with E-state index < -0.39 is 0 Å². The molecular weight excluding hydrogens is 198 g/mol. The molecule has 1 rings (SSSR count). The van der Waals surface area contributed by atoms with Gasteiger partial charge in [-0.3, -0.25) is 0 Å². The van der Waals surface area contributed by atoms with E-state index in [2.05, 4.69) is 22.2 Å². The molecule has 0 aromatic carbocycles. The summed E-state index contributed by atoms with van der Waals surface area (Å²) in [6.07, 6.45) is 12.9. The molecule has 0 aliphatic carbocycles. The minimum absolute atomic E-state index is 1.00. The van der Waals surface area contributed by atoms with Crippen molar-refractivity contribution < 1.29 is 0 Å². The van der Waals surface area contributed by atoms with Gasteiger partial charge in [-0.05, 0) is 13.0 Å². The van der Waals surface area contributed by atoms with Crippen LogP contribution in [0.5, 0.6) is 0 Å². The van der Waals surface area contributed by atoms with E-state index in [1.54, 1.807) is 0 Å². The van der Waals surface area contributed by atoms with E-state index >= 15 is 0 Å². The van der Waals surface area contributed by atoms with E-state index in [0.717, 1.165) is 25.3 Å². The van der Waals surface area contributed by atoms with Crippen molar-refractivity contribution in [2.24, 2.45) is 0 Å². The highest BCUT2D eigenvalue weighted by molar-refractivity contribution is 4.87. The third-order valence-electron chi connectivity index (χ3n) is 2.80. The van der Waals surface area contributed by atoms with Crippen molar-refractivity contribution in [1.29, 1.82) is 0 Å². The van der Waals surface area contributed by atoms with Crippen LogP contribution in [0.4, 0.5) is 0 Å². The first-order valence-corrected chi connectivity index (χ1v) is 6.62. The normalized spacial score (nSPS) is 10.8. The lowest BCUT2D eigenvalue weighted by Gasteiger charge is -2.03. The maximum absolute atomic E-state index is 4.19. The molecule has 1 heterocycles. The summed E-state index contributed by atoms with van der Waals surface area (Å²) in [4.78, 5) is 7.30. The van der Waals surface area contributed by atoms with Gasteiger partial charge in [0.1, 0.15) is 5.82 Å². The Hall–Kier alpha value is -0.830. The number of unbranched alkanes of at least 4 members (excludes halogenated alkanes) is 5. The number of hydrogen-bond acceptors (Lipinski definition) is 2. The fraction of sp³-hybridized carbons (Fsp3) is 0.769. The van der Waals surface area contributed by atoms with Crippen molar-refractivity contribution in [3.63, 3.8) is 0 Å². The van der Waals surface area contributed by atoms with E-state index in [0.29, 0.717) is 0 Å². The van der Waals surface area contributed by atoms with Crippen LogP contribution in [-0.4, -0.2) is 23.1 Å². The Morgan fingerprint density at radius 3 is 2.69 bits per heavy atom. The summed E-state index contributed by atoms with van der Waals surface area (Å²) in [5.41, 5.74) is 0. The molecule has 92 valence electrons. The summed E-state index contributed by atoms with van der Waals surface area (Å²) in [5, 5.41) is 3.45. The highest BCUT2D eigenvalue weighted by Gasteiger charge is 1.94. The molecule has 0 spiro atoms. The zero-order chi connectivity index (χ0) is 11.5. The Labute approximate surface area is 99.1 Å². The number of aromatic nitrogens is 2. The molecule has 0 unspecified atom stereocenters. The number of aromatic amines is 1. The molecule has 0 radical (unpaired) electrons. The molecule has 3 heteroatoms. The Balaban J connectivity index is 1.78. The lowest BCUT2D eigenvalue weighted by atomic mass is 10.1. The lowest BCUT2D eigenvalue weighted by Crippen LogP contribution is -2.18. The number of H-pyrrole nitrogens is 1. The smallest absolute Gasteiger partial charge is 0.107 e. The summed E-state index contributed by atoms with van der Waals surface area (Å²) < 4.78 is 0. The van der Waals surface area contributed by atoms with Gasteiger partial charge < -0.3 is 10.3 Å². The van der Waals surface area contributed by atoms with Crippen LogP contribution in [-0.2, 0) is 6.42 Å². The Morgan fingerprint density at radius 2 is 1.94 bits per heavy atom. The fourth-order valence-electron chi connectivity index (χ4n) is 1.80. The van der Waals surface area contributed by atoms with E-state index in [9.17, 15) is 0 Å². The molecule has 16 heavy (non-hydrogen) atoms. The van der Waals surface area contributed by atoms with Gasteiger partial charge in [0.15, 0.2) is 0 Å². The molecule has 0 saturated carbocycles. The number of hydrogen-bond donors (Lipinski definition) is 2. The summed E-state index contributed by atoms with van der Waals surface area (Å²) >= 11 is 0. The second-order valence-electron chi connectivity index (χ2n) is 4.30. The third kappa shape index (κ3) is 6.62. The van der Waals surface area contributed by atoms with Crippen molar-refractivity contribution in [3.8, 4) is 0 Å². The van der Waals surface area contributed by atoms with E-state index in [1.807, 2.05) is 12.4 Å². The van der Waals surface area contributed by atoms with Crippen LogP contribution in [0.15, 0.2) is 12.4 Å². The largest absolute Gasteiger partial charge is 0.349 e. The van der Waals surface area contributed by atoms with Crippen LogP contribution in [0.2, 0.25) is 0 Å². The van der Waals surface area contributed by atoms with E-state index in [-0.39, 0.29) is 0 Å². The molecule has 1 aromatic heterocycles. The highest BCUT2D eigenvalue weighted by Crippen LogP contribution is 2.03. The van der Waals surface area contributed by atoms with Crippen LogP contribution in [0.1, 0.15) is 51.3 Å². The van der Waals surface area contributed by atoms with Gasteiger partial charge >= 0.3 is 0 Å². The zero-order valence-electron chi connectivity index (χ0n) is 10.5. The summed E-state index contributed by atoms with van der Waals surface area (Å²) in [7, 11) is 0. The van der Waals surface area contributed by atoms with Gasteiger partial charge in [0.25, 0.3) is 0 Å². The Morgan fingerprint density at radius 1 is 1.12 bits per heavy atom. The molecule has 3 nitrogen and oxygen atoms in total. The summed E-state index contributed by atoms with van der Waals surface area (Å²) in [6, 6.07) is 0. The molecule has 0 amide bonds. The molecule has 0 aliphatic rings. The Kier molecular flexibility index (Phi) is 7.78. The molecule has 0 aliphatic heterocycles. The molecule has 2 N–H and O–H groups in total. The monoisotopic (exact) mass is 223 g/mol. The second-order valence-corrected chi connectivity index (χ2v) is 4.30. The quantitative estimate of drug-likeness (QED) is 0.599. The van der Waals surface area contributed by atoms with Gasteiger partial charge in [0.2, 0.25) is 0 Å². The maximum Gasteiger partial charge on any atom is 0.107 e. The predicted molar refractivity (Wildman–Crippen MR) is 68.5 cm³/mol. The zero-order valence-corrected chi connectivity index (χ0v) is 10.5. The van der Waals surface area contributed by atoms with Crippen LogP contribution in [0, 0.1) is 0 Å². The van der Waals surface area contributed by atoms with Gasteiger partial charge in [0, 0.05) is 25.4 Å². The minimum Gasteiger partial charge on any atom is -0.349 e. The van der Waals surface area contributed by atoms with Crippen LogP contribution in [0.3, 0.4) is 0 Å². The molecule has 0 saturated heterocycles. The van der Waals surface area contributed by atoms with Gasteiger partial charge in [-0.25, -0.2) is 4.98 Å². The third-order valence-corrected chi connectivity index (χ3v) is 2.80. The Bertz CT molecular complexity index is 231. The first-order valence-electron chi connectivity index (χ1n) is 6.62. The van der Waals surface area contributed by atoms with E-state index in [1.165, 1.54) is 38.5 Å². The van der Waals surface area contributed by atoms with Gasteiger partial charge in [0.05, 0.1) is 0 Å². The maximum atomic E-state index is 4.19.